The average Bonchev–Trinajstić information content (AvgIpc) is 3.09. The Morgan fingerprint density at radius 3 is 2.52 bits per heavy atom. The first kappa shape index (κ1) is 19.4. The van der Waals surface area contributed by atoms with Crippen molar-refractivity contribution in [1.82, 2.24) is 14.3 Å². The van der Waals surface area contributed by atoms with Gasteiger partial charge in [-0.15, -0.1) is 0 Å². The lowest BCUT2D eigenvalue weighted by atomic mass is 10.1. The summed E-state index contributed by atoms with van der Waals surface area (Å²) < 4.78 is 27.8. The van der Waals surface area contributed by atoms with Gasteiger partial charge in [0.15, 0.2) is 0 Å². The number of aromatic nitrogens is 2. The molecule has 0 fully saturated rings. The number of fused-ring (bicyclic) bond motifs is 1. The number of hydrogen-bond donors (Lipinski definition) is 2. The van der Waals surface area contributed by atoms with E-state index in [-0.39, 0.29) is 4.90 Å². The van der Waals surface area contributed by atoms with E-state index in [4.69, 9.17) is 11.6 Å². The van der Waals surface area contributed by atoms with Gasteiger partial charge in [0.1, 0.15) is 4.90 Å². The van der Waals surface area contributed by atoms with Gasteiger partial charge in [0.2, 0.25) is 0 Å². The van der Waals surface area contributed by atoms with Crippen LogP contribution in [0.1, 0.15) is 5.56 Å². The van der Waals surface area contributed by atoms with Crippen LogP contribution in [0.2, 0.25) is 5.02 Å². The predicted molar refractivity (Wildman–Crippen MR) is 116 cm³/mol. The highest BCUT2D eigenvalue weighted by molar-refractivity contribution is 7.90. The Morgan fingerprint density at radius 1 is 1.07 bits per heavy atom. The Morgan fingerprint density at radius 2 is 1.83 bits per heavy atom. The van der Waals surface area contributed by atoms with E-state index in [1.807, 2.05) is 37.4 Å². The van der Waals surface area contributed by atoms with E-state index in [1.165, 1.54) is 10.2 Å². The standard InChI is InChI=1S/C21H19ClN4O2S/c1-23-12-15-14-26(29(27,28)19-3-2-10-24-13-19)21-11-18(8-9-20(15)21)25-17-6-4-16(22)5-7-17/h2-11,13-14,23,25H,12H2,1H3. The maximum absolute atomic E-state index is 13.2. The molecule has 2 aromatic carbocycles. The molecule has 0 saturated heterocycles. The van der Waals surface area contributed by atoms with Gasteiger partial charge in [0.25, 0.3) is 10.0 Å². The van der Waals surface area contributed by atoms with E-state index in [0.717, 1.165) is 22.3 Å². The van der Waals surface area contributed by atoms with Crippen LogP contribution in [-0.4, -0.2) is 24.4 Å². The number of halogens is 1. The maximum atomic E-state index is 13.2. The van der Waals surface area contributed by atoms with Gasteiger partial charge in [-0.3, -0.25) is 4.98 Å². The zero-order chi connectivity index (χ0) is 20.4. The molecule has 0 aliphatic rings. The fourth-order valence-corrected chi connectivity index (χ4v) is 4.66. The fourth-order valence-electron chi connectivity index (χ4n) is 3.19. The van der Waals surface area contributed by atoms with E-state index in [2.05, 4.69) is 15.6 Å². The van der Waals surface area contributed by atoms with Gasteiger partial charge in [-0.1, -0.05) is 17.7 Å². The molecule has 0 bridgehead atoms. The Hall–Kier alpha value is -2.87. The zero-order valence-electron chi connectivity index (χ0n) is 15.6. The highest BCUT2D eigenvalue weighted by atomic mass is 35.5. The molecule has 2 N–H and O–H groups in total. The third kappa shape index (κ3) is 3.85. The van der Waals surface area contributed by atoms with Crippen LogP contribution < -0.4 is 10.6 Å². The molecule has 8 heteroatoms. The molecule has 4 aromatic rings. The summed E-state index contributed by atoms with van der Waals surface area (Å²) in [5.41, 5.74) is 3.13. The number of pyridine rings is 1. The van der Waals surface area contributed by atoms with Crippen molar-refractivity contribution in [2.24, 2.45) is 0 Å². The monoisotopic (exact) mass is 426 g/mol. The van der Waals surface area contributed by atoms with Gasteiger partial charge in [-0.05, 0) is 61.1 Å². The molecule has 6 nitrogen and oxygen atoms in total. The molecule has 0 atom stereocenters. The van der Waals surface area contributed by atoms with Gasteiger partial charge in [0, 0.05) is 46.9 Å². The number of nitrogens with zero attached hydrogens (tertiary/aromatic N) is 2. The normalized spacial score (nSPS) is 11.7. The number of rotatable bonds is 6. The Kier molecular flexibility index (Phi) is 5.27. The van der Waals surface area contributed by atoms with Gasteiger partial charge in [-0.2, -0.15) is 0 Å². The lowest BCUT2D eigenvalue weighted by Crippen LogP contribution is -2.12. The Bertz CT molecular complexity index is 1250. The number of nitrogens with one attached hydrogen (secondary N) is 2. The molecule has 4 rings (SSSR count). The maximum Gasteiger partial charge on any atom is 0.269 e. The summed E-state index contributed by atoms with van der Waals surface area (Å²) in [7, 11) is -1.95. The van der Waals surface area contributed by atoms with Gasteiger partial charge >= 0.3 is 0 Å². The van der Waals surface area contributed by atoms with Crippen molar-refractivity contribution < 1.29 is 8.42 Å². The molecule has 0 radical (unpaired) electrons. The van der Waals surface area contributed by atoms with Crippen LogP contribution >= 0.6 is 11.6 Å². The summed E-state index contributed by atoms with van der Waals surface area (Å²) in [5, 5.41) is 7.90. The highest BCUT2D eigenvalue weighted by Crippen LogP contribution is 2.29. The van der Waals surface area contributed by atoms with E-state index in [1.54, 1.807) is 36.7 Å². The second-order valence-electron chi connectivity index (χ2n) is 6.54. The summed E-state index contributed by atoms with van der Waals surface area (Å²) in [6.45, 7) is 0.552. The number of anilines is 2. The van der Waals surface area contributed by atoms with E-state index >= 15 is 0 Å². The summed E-state index contributed by atoms with van der Waals surface area (Å²) in [6, 6.07) is 16.2. The summed E-state index contributed by atoms with van der Waals surface area (Å²) in [4.78, 5) is 4.09. The molecule has 0 unspecified atom stereocenters. The van der Waals surface area contributed by atoms with Crippen molar-refractivity contribution >= 4 is 43.9 Å². The van der Waals surface area contributed by atoms with Crippen LogP contribution in [0.4, 0.5) is 11.4 Å². The van der Waals surface area contributed by atoms with Crippen molar-refractivity contribution in [3.63, 3.8) is 0 Å². The van der Waals surface area contributed by atoms with Crippen LogP contribution in [-0.2, 0) is 16.6 Å². The molecule has 29 heavy (non-hydrogen) atoms. The van der Waals surface area contributed by atoms with Crippen molar-refractivity contribution in [2.45, 2.75) is 11.4 Å². The predicted octanol–water partition coefficient (Wildman–Crippen LogP) is 4.39. The van der Waals surface area contributed by atoms with Gasteiger partial charge < -0.3 is 10.6 Å². The molecule has 0 amide bonds. The van der Waals surface area contributed by atoms with Crippen molar-refractivity contribution in [3.05, 3.63) is 83.8 Å². The van der Waals surface area contributed by atoms with Gasteiger partial charge in [-0.25, -0.2) is 12.4 Å². The number of hydrogen-bond acceptors (Lipinski definition) is 5. The minimum atomic E-state index is -3.78. The first-order chi connectivity index (χ1) is 14.0. The molecule has 0 aliphatic carbocycles. The topological polar surface area (TPSA) is 76.0 Å². The Labute approximate surface area is 174 Å². The highest BCUT2D eigenvalue weighted by Gasteiger charge is 2.21. The van der Waals surface area contributed by atoms with Crippen LogP contribution in [0.25, 0.3) is 10.9 Å². The lowest BCUT2D eigenvalue weighted by molar-refractivity contribution is 0.588. The van der Waals surface area contributed by atoms with Crippen LogP contribution in [0, 0.1) is 0 Å². The molecule has 2 aromatic heterocycles. The van der Waals surface area contributed by atoms with Crippen molar-refractivity contribution in [2.75, 3.05) is 12.4 Å². The summed E-state index contributed by atoms with van der Waals surface area (Å²) in [6.07, 6.45) is 4.57. The summed E-state index contributed by atoms with van der Waals surface area (Å²) in [5.74, 6) is 0. The molecule has 0 saturated carbocycles. The van der Waals surface area contributed by atoms with E-state index in [0.29, 0.717) is 17.1 Å². The first-order valence-electron chi connectivity index (χ1n) is 8.96. The molecule has 0 spiro atoms. The molecule has 2 heterocycles. The minimum absolute atomic E-state index is 0.143. The third-order valence-corrected chi connectivity index (χ3v) is 6.45. The Balaban J connectivity index is 1.84. The van der Waals surface area contributed by atoms with E-state index in [9.17, 15) is 8.42 Å². The minimum Gasteiger partial charge on any atom is -0.355 e. The molecule has 148 valence electrons. The largest absolute Gasteiger partial charge is 0.355 e. The van der Waals surface area contributed by atoms with Crippen molar-refractivity contribution in [3.8, 4) is 0 Å². The van der Waals surface area contributed by atoms with E-state index < -0.39 is 10.0 Å². The lowest BCUT2D eigenvalue weighted by Gasteiger charge is -2.10. The molecular formula is C21H19ClN4O2S. The SMILES string of the molecule is CNCc1cn(S(=O)(=O)c2cccnc2)c2cc(Nc3ccc(Cl)cc3)ccc12. The second kappa shape index (κ2) is 7.87. The first-order valence-corrected chi connectivity index (χ1v) is 10.8. The second-order valence-corrected chi connectivity index (χ2v) is 8.79. The number of benzene rings is 2. The van der Waals surface area contributed by atoms with Crippen LogP contribution in [0.5, 0.6) is 0 Å². The third-order valence-electron chi connectivity index (χ3n) is 4.55. The fraction of sp³-hybridized carbons (Fsp3) is 0.0952. The van der Waals surface area contributed by atoms with Gasteiger partial charge in [0.05, 0.1) is 5.52 Å². The van der Waals surface area contributed by atoms with Crippen LogP contribution in [0.3, 0.4) is 0 Å². The van der Waals surface area contributed by atoms with Crippen LogP contribution in [0.15, 0.2) is 78.1 Å². The quantitative estimate of drug-likeness (QED) is 0.478. The molecule has 0 aliphatic heterocycles. The summed E-state index contributed by atoms with van der Waals surface area (Å²) >= 11 is 5.95. The van der Waals surface area contributed by atoms with Crippen molar-refractivity contribution in [1.29, 1.82) is 0 Å². The smallest absolute Gasteiger partial charge is 0.269 e. The zero-order valence-corrected chi connectivity index (χ0v) is 17.2. The molecular weight excluding hydrogens is 408 g/mol. The average molecular weight is 427 g/mol.